The lowest BCUT2D eigenvalue weighted by Gasteiger charge is -2.09. The van der Waals surface area contributed by atoms with Gasteiger partial charge in [0, 0.05) is 5.56 Å². The van der Waals surface area contributed by atoms with Crippen LogP contribution in [0.4, 0.5) is 5.69 Å². The van der Waals surface area contributed by atoms with Gasteiger partial charge in [-0.15, -0.1) is 0 Å². The van der Waals surface area contributed by atoms with Gasteiger partial charge in [-0.1, -0.05) is 78.9 Å². The molecule has 1 aliphatic heterocycles. The lowest BCUT2D eigenvalue weighted by molar-refractivity contribution is -0.112. The van der Waals surface area contributed by atoms with E-state index in [1.165, 1.54) is 5.01 Å². The first kappa shape index (κ1) is 15.1. The SMILES string of the molecule is O=C1/C(=C\c2ccccc2)c2ccccc2N1/N=C\c1ccccc1. The van der Waals surface area contributed by atoms with Crippen molar-refractivity contribution in [3.05, 3.63) is 102 Å². The molecule has 3 aromatic rings. The van der Waals surface area contributed by atoms with Gasteiger partial charge in [-0.25, -0.2) is 0 Å². The average Bonchev–Trinajstić information content (AvgIpc) is 2.93. The molecule has 3 aromatic carbocycles. The van der Waals surface area contributed by atoms with Crippen LogP contribution < -0.4 is 5.01 Å². The van der Waals surface area contributed by atoms with Crippen molar-refractivity contribution in [1.29, 1.82) is 0 Å². The van der Waals surface area contributed by atoms with Crippen molar-refractivity contribution >= 4 is 29.5 Å². The number of carbonyl (C=O) groups excluding carboxylic acids is 1. The zero-order valence-electron chi connectivity index (χ0n) is 13.5. The van der Waals surface area contributed by atoms with Crippen molar-refractivity contribution in [3.63, 3.8) is 0 Å². The van der Waals surface area contributed by atoms with Gasteiger partial charge in [0.2, 0.25) is 0 Å². The zero-order chi connectivity index (χ0) is 17.1. The number of benzene rings is 3. The molecule has 25 heavy (non-hydrogen) atoms. The highest BCUT2D eigenvalue weighted by atomic mass is 16.2. The largest absolute Gasteiger partial charge is 0.279 e. The maximum atomic E-state index is 12.9. The van der Waals surface area contributed by atoms with E-state index in [9.17, 15) is 4.79 Å². The van der Waals surface area contributed by atoms with Gasteiger partial charge >= 0.3 is 0 Å². The van der Waals surface area contributed by atoms with Crippen LogP contribution in [0.3, 0.4) is 0 Å². The van der Waals surface area contributed by atoms with Crippen molar-refractivity contribution in [3.8, 4) is 0 Å². The maximum absolute atomic E-state index is 12.9. The summed E-state index contributed by atoms with van der Waals surface area (Å²) in [6.07, 6.45) is 3.62. The second-order valence-corrected chi connectivity index (χ2v) is 5.76. The average molecular weight is 324 g/mol. The van der Waals surface area contributed by atoms with Crippen LogP contribution in [0.5, 0.6) is 0 Å². The third-order valence-corrected chi connectivity index (χ3v) is 4.08. The van der Waals surface area contributed by atoms with E-state index >= 15 is 0 Å². The van der Waals surface area contributed by atoms with Crippen LogP contribution in [0.1, 0.15) is 16.7 Å². The van der Waals surface area contributed by atoms with Gasteiger partial charge < -0.3 is 0 Å². The number of para-hydroxylation sites is 1. The molecule has 4 rings (SSSR count). The minimum atomic E-state index is -0.114. The lowest BCUT2D eigenvalue weighted by Crippen LogP contribution is -2.20. The van der Waals surface area contributed by atoms with Gasteiger partial charge in [0.25, 0.3) is 5.91 Å². The smallest absolute Gasteiger partial charge is 0.267 e. The molecule has 1 heterocycles. The molecule has 120 valence electrons. The highest BCUT2D eigenvalue weighted by Gasteiger charge is 2.31. The summed E-state index contributed by atoms with van der Waals surface area (Å²) in [7, 11) is 0. The first-order chi connectivity index (χ1) is 12.3. The number of fused-ring (bicyclic) bond motifs is 1. The Morgan fingerprint density at radius 1 is 0.720 bits per heavy atom. The first-order valence-electron chi connectivity index (χ1n) is 8.12. The van der Waals surface area contributed by atoms with E-state index in [0.29, 0.717) is 5.57 Å². The summed E-state index contributed by atoms with van der Waals surface area (Å²) in [5.74, 6) is -0.114. The summed E-state index contributed by atoms with van der Waals surface area (Å²) in [5, 5.41) is 5.89. The third-order valence-electron chi connectivity index (χ3n) is 4.08. The van der Waals surface area contributed by atoms with E-state index in [1.54, 1.807) is 6.21 Å². The van der Waals surface area contributed by atoms with E-state index in [4.69, 9.17) is 0 Å². The molecule has 0 bridgehead atoms. The fourth-order valence-corrected chi connectivity index (χ4v) is 2.86. The van der Waals surface area contributed by atoms with Crippen LogP contribution >= 0.6 is 0 Å². The molecular formula is C22H16N2O. The van der Waals surface area contributed by atoms with E-state index in [-0.39, 0.29) is 5.91 Å². The van der Waals surface area contributed by atoms with Crippen molar-refractivity contribution in [1.82, 2.24) is 0 Å². The van der Waals surface area contributed by atoms with Gasteiger partial charge in [0.05, 0.1) is 17.5 Å². The second kappa shape index (κ2) is 6.57. The molecule has 0 saturated carbocycles. The zero-order valence-corrected chi connectivity index (χ0v) is 13.5. The molecule has 0 N–H and O–H groups in total. The Morgan fingerprint density at radius 2 is 1.32 bits per heavy atom. The van der Waals surface area contributed by atoms with Crippen LogP contribution in [-0.2, 0) is 4.79 Å². The van der Waals surface area contributed by atoms with Crippen LogP contribution in [0.25, 0.3) is 11.6 Å². The molecule has 1 amide bonds. The Balaban J connectivity index is 1.74. The van der Waals surface area contributed by atoms with Crippen LogP contribution in [0.2, 0.25) is 0 Å². The molecule has 1 aliphatic rings. The molecule has 0 aliphatic carbocycles. The number of nitrogens with zero attached hydrogens (tertiary/aromatic N) is 2. The molecule has 0 fully saturated rings. The minimum absolute atomic E-state index is 0.114. The summed E-state index contributed by atoms with van der Waals surface area (Å²) in [6.45, 7) is 0. The second-order valence-electron chi connectivity index (χ2n) is 5.76. The van der Waals surface area contributed by atoms with E-state index in [2.05, 4.69) is 5.10 Å². The normalized spacial score (nSPS) is 15.1. The number of anilines is 1. The standard InChI is InChI=1S/C22H16N2O/c25-22-20(15-17-9-3-1-4-10-17)19-13-7-8-14-21(19)24(22)23-16-18-11-5-2-6-12-18/h1-16H/b20-15-,23-16-. The highest BCUT2D eigenvalue weighted by molar-refractivity contribution is 6.35. The van der Waals surface area contributed by atoms with Gasteiger partial charge in [-0.05, 0) is 23.3 Å². The van der Waals surface area contributed by atoms with E-state index in [0.717, 1.165) is 22.4 Å². The van der Waals surface area contributed by atoms with Crippen molar-refractivity contribution in [2.75, 3.05) is 5.01 Å². The molecule has 0 spiro atoms. The number of hydrazone groups is 1. The molecular weight excluding hydrogens is 308 g/mol. The number of amides is 1. The fourth-order valence-electron chi connectivity index (χ4n) is 2.86. The number of hydrogen-bond donors (Lipinski definition) is 0. The first-order valence-corrected chi connectivity index (χ1v) is 8.12. The minimum Gasteiger partial charge on any atom is -0.267 e. The monoisotopic (exact) mass is 324 g/mol. The predicted molar refractivity (Wildman–Crippen MR) is 102 cm³/mol. The Hall–Kier alpha value is -3.46. The van der Waals surface area contributed by atoms with Gasteiger partial charge in [0.15, 0.2) is 0 Å². The van der Waals surface area contributed by atoms with Gasteiger partial charge in [-0.3, -0.25) is 4.79 Å². The number of rotatable bonds is 3. The predicted octanol–water partition coefficient (Wildman–Crippen LogP) is 4.61. The molecule has 0 atom stereocenters. The van der Waals surface area contributed by atoms with E-state index < -0.39 is 0 Å². The molecule has 3 nitrogen and oxygen atoms in total. The Bertz CT molecular complexity index is 960. The maximum Gasteiger partial charge on any atom is 0.279 e. The van der Waals surface area contributed by atoms with E-state index in [1.807, 2.05) is 91.0 Å². The molecule has 3 heteroatoms. The van der Waals surface area contributed by atoms with Crippen LogP contribution in [-0.4, -0.2) is 12.1 Å². The summed E-state index contributed by atoms with van der Waals surface area (Å²) in [5.41, 5.74) is 4.32. The highest BCUT2D eigenvalue weighted by Crippen LogP contribution is 2.37. The number of hydrogen-bond acceptors (Lipinski definition) is 2. The fraction of sp³-hybridized carbons (Fsp3) is 0. The summed E-state index contributed by atoms with van der Waals surface area (Å²) >= 11 is 0. The Kier molecular flexibility index (Phi) is 3.97. The van der Waals surface area contributed by atoms with Gasteiger partial charge in [0.1, 0.15) is 0 Å². The molecule has 0 unspecified atom stereocenters. The summed E-state index contributed by atoms with van der Waals surface area (Å²) in [4.78, 5) is 12.9. The Morgan fingerprint density at radius 3 is 2.04 bits per heavy atom. The summed E-state index contributed by atoms with van der Waals surface area (Å²) in [6, 6.07) is 27.3. The lowest BCUT2D eigenvalue weighted by atomic mass is 10.0. The Labute approximate surface area is 146 Å². The quantitative estimate of drug-likeness (QED) is 0.511. The van der Waals surface area contributed by atoms with Crippen molar-refractivity contribution in [2.24, 2.45) is 5.10 Å². The van der Waals surface area contributed by atoms with Crippen molar-refractivity contribution in [2.45, 2.75) is 0 Å². The molecule has 0 aromatic heterocycles. The number of carbonyl (C=O) groups is 1. The molecule has 0 saturated heterocycles. The third kappa shape index (κ3) is 3.00. The van der Waals surface area contributed by atoms with Gasteiger partial charge in [-0.2, -0.15) is 10.1 Å². The topological polar surface area (TPSA) is 32.7 Å². The molecule has 0 radical (unpaired) electrons. The van der Waals surface area contributed by atoms with Crippen molar-refractivity contribution < 1.29 is 4.79 Å². The van der Waals surface area contributed by atoms with Crippen LogP contribution in [0, 0.1) is 0 Å². The van der Waals surface area contributed by atoms with Crippen LogP contribution in [0.15, 0.2) is 90.0 Å². The summed E-state index contributed by atoms with van der Waals surface area (Å²) < 4.78 is 0.